The molecule has 0 aromatic rings. The van der Waals surface area contributed by atoms with Crippen molar-refractivity contribution in [2.24, 2.45) is 0 Å². The van der Waals surface area contributed by atoms with Gasteiger partial charge in [0, 0.05) is 12.8 Å². The molecule has 7 atom stereocenters. The minimum Gasteiger partial charge on any atom is -0.466 e. The lowest BCUT2D eigenvalue weighted by atomic mass is 9.99. The Morgan fingerprint density at radius 1 is 0.379 bits per heavy atom. The molecule has 562 valence electrons. The van der Waals surface area contributed by atoms with Crippen LogP contribution in [0.4, 0.5) is 0 Å². The molecule has 1 saturated heterocycles. The van der Waals surface area contributed by atoms with Crippen LogP contribution in [-0.2, 0) is 23.8 Å². The summed E-state index contributed by atoms with van der Waals surface area (Å²) in [6.07, 6.45) is 85.5. The average molecular weight is 1350 g/mol. The molecule has 1 heterocycles. The normalized spacial score (nSPS) is 17.4. The number of aliphatic hydroxyl groups excluding tert-OH is 5. The first-order chi connectivity index (χ1) is 46.7. The first-order valence-electron chi connectivity index (χ1n) is 42.1. The van der Waals surface area contributed by atoms with Crippen LogP contribution in [0.25, 0.3) is 0 Å². The predicted molar refractivity (Wildman–Crippen MR) is 403 cm³/mol. The van der Waals surface area contributed by atoms with Gasteiger partial charge < -0.3 is 45.1 Å². The van der Waals surface area contributed by atoms with Gasteiger partial charge in [-0.1, -0.05) is 404 Å². The molecule has 1 rings (SSSR count). The van der Waals surface area contributed by atoms with Crippen LogP contribution in [0.2, 0.25) is 0 Å². The number of hydrogen-bond acceptors (Lipinski definition) is 10. The summed E-state index contributed by atoms with van der Waals surface area (Å²) in [6, 6.07) is -0.821. The second kappa shape index (κ2) is 73.4. The molecular formula is C84H161NO10. The van der Waals surface area contributed by atoms with Gasteiger partial charge in [0.2, 0.25) is 5.91 Å². The van der Waals surface area contributed by atoms with Gasteiger partial charge in [-0.3, -0.25) is 9.59 Å². The van der Waals surface area contributed by atoms with Crippen molar-refractivity contribution in [2.45, 2.75) is 480 Å². The van der Waals surface area contributed by atoms with Gasteiger partial charge >= 0.3 is 5.97 Å². The molecule has 0 aromatic carbocycles. The molecule has 0 bridgehead atoms. The highest BCUT2D eigenvalue weighted by molar-refractivity contribution is 5.76. The third-order valence-corrected chi connectivity index (χ3v) is 20.3. The molecule has 1 aliphatic rings. The fourth-order valence-corrected chi connectivity index (χ4v) is 13.8. The third-order valence-electron chi connectivity index (χ3n) is 20.3. The monoisotopic (exact) mass is 1340 g/mol. The Labute approximate surface area is 588 Å². The van der Waals surface area contributed by atoms with Crippen molar-refractivity contribution in [3.63, 3.8) is 0 Å². The van der Waals surface area contributed by atoms with Gasteiger partial charge in [0.05, 0.1) is 32.0 Å². The SMILES string of the molecule is CCCCCC/C=C/CC/C=C/C(O)C(COC1OC(CO)C(O)C(O)C1O)NC(=O)CCCCCCCCCCCCCCCCCCCCCCCCCCCCCCCCCCCCCCCCCOC(=O)CCCCCCCCCCCCCCCCCCCC. The molecule has 6 N–H and O–H groups in total. The van der Waals surface area contributed by atoms with Crippen molar-refractivity contribution in [2.75, 3.05) is 19.8 Å². The van der Waals surface area contributed by atoms with Crippen molar-refractivity contribution in [3.05, 3.63) is 24.3 Å². The second-order valence-corrected chi connectivity index (χ2v) is 29.5. The highest BCUT2D eigenvalue weighted by Crippen LogP contribution is 2.24. The molecule has 1 amide bonds. The molecule has 11 heteroatoms. The lowest BCUT2D eigenvalue weighted by Gasteiger charge is -2.40. The van der Waals surface area contributed by atoms with Crippen LogP contribution in [0, 0.1) is 0 Å². The van der Waals surface area contributed by atoms with E-state index < -0.39 is 49.5 Å². The summed E-state index contributed by atoms with van der Waals surface area (Å²) in [4.78, 5) is 25.2. The molecule has 1 fully saturated rings. The van der Waals surface area contributed by atoms with Crippen molar-refractivity contribution < 1.29 is 49.3 Å². The molecule has 7 unspecified atom stereocenters. The Morgan fingerprint density at radius 2 is 0.684 bits per heavy atom. The van der Waals surface area contributed by atoms with Gasteiger partial charge in [-0.15, -0.1) is 0 Å². The zero-order chi connectivity index (χ0) is 68.6. The Bertz CT molecular complexity index is 1630. The molecule has 11 nitrogen and oxygen atoms in total. The molecule has 0 saturated carbocycles. The van der Waals surface area contributed by atoms with Gasteiger partial charge in [-0.25, -0.2) is 0 Å². The molecule has 0 radical (unpaired) electrons. The zero-order valence-electron chi connectivity index (χ0n) is 62.9. The van der Waals surface area contributed by atoms with Crippen LogP contribution in [-0.4, -0.2) is 100 Å². The highest BCUT2D eigenvalue weighted by Gasteiger charge is 2.44. The van der Waals surface area contributed by atoms with E-state index in [0.29, 0.717) is 19.4 Å². The van der Waals surface area contributed by atoms with Crippen LogP contribution in [0.1, 0.15) is 438 Å². The summed E-state index contributed by atoms with van der Waals surface area (Å²) in [6.45, 7) is 4.36. The maximum atomic E-state index is 13.0. The average Bonchev–Trinajstić information content (AvgIpc) is 0.872. The number of ether oxygens (including phenoxy) is 3. The summed E-state index contributed by atoms with van der Waals surface area (Å²) in [5, 5.41) is 54.4. The maximum Gasteiger partial charge on any atom is 0.305 e. The van der Waals surface area contributed by atoms with Gasteiger partial charge in [0.25, 0.3) is 0 Å². The molecule has 95 heavy (non-hydrogen) atoms. The molecule has 0 aliphatic carbocycles. The fraction of sp³-hybridized carbons (Fsp3) is 0.929. The van der Waals surface area contributed by atoms with Crippen LogP contribution in [0.15, 0.2) is 24.3 Å². The number of aliphatic hydroxyl groups is 5. The Balaban J connectivity index is 1.82. The van der Waals surface area contributed by atoms with E-state index in [1.54, 1.807) is 6.08 Å². The van der Waals surface area contributed by atoms with Gasteiger partial charge in [0.15, 0.2) is 6.29 Å². The number of hydrogen-bond donors (Lipinski definition) is 6. The summed E-state index contributed by atoms with van der Waals surface area (Å²) in [5.74, 6) is -0.162. The number of rotatable bonds is 76. The Morgan fingerprint density at radius 3 is 1.04 bits per heavy atom. The number of allylic oxidation sites excluding steroid dienone is 3. The zero-order valence-corrected chi connectivity index (χ0v) is 62.9. The van der Waals surface area contributed by atoms with Crippen molar-refractivity contribution in [3.8, 4) is 0 Å². The largest absolute Gasteiger partial charge is 0.466 e. The van der Waals surface area contributed by atoms with Gasteiger partial charge in [0.1, 0.15) is 24.4 Å². The topological polar surface area (TPSA) is 175 Å². The quantitative estimate of drug-likeness (QED) is 0.0195. The fourth-order valence-electron chi connectivity index (χ4n) is 13.8. The van der Waals surface area contributed by atoms with Crippen molar-refractivity contribution in [1.29, 1.82) is 0 Å². The molecule has 0 spiro atoms. The first-order valence-corrected chi connectivity index (χ1v) is 42.1. The highest BCUT2D eigenvalue weighted by atomic mass is 16.7. The van der Waals surface area contributed by atoms with E-state index in [2.05, 4.69) is 31.3 Å². The van der Waals surface area contributed by atoms with Crippen LogP contribution in [0.3, 0.4) is 0 Å². The van der Waals surface area contributed by atoms with E-state index in [4.69, 9.17) is 14.2 Å². The van der Waals surface area contributed by atoms with E-state index in [1.165, 1.54) is 360 Å². The number of esters is 1. The standard InChI is InChI=1S/C84H161NO10/c1-3-5-7-9-11-13-15-16-17-18-43-46-49-52-56-60-64-68-72-80(89)93-73-69-65-61-57-53-50-47-44-41-39-37-35-33-31-29-27-25-23-21-19-20-22-24-26-28-30-32-34-36-38-40-42-45-48-51-55-59-63-67-71-79(88)85-76(75-94-84-83(92)82(91)81(90)78(74-86)95-84)77(87)70-66-62-58-54-14-12-10-8-6-4-2/h14,54,66,70,76-78,81-84,86-87,90-92H,3-13,15-53,55-65,67-69,71-75H2,1-2H3,(H,85,88)/b54-14+,70-66+. The summed E-state index contributed by atoms with van der Waals surface area (Å²) >= 11 is 0. The minimum absolute atomic E-state index is 0.0237. The third kappa shape index (κ3) is 61.7. The van der Waals surface area contributed by atoms with E-state index in [1.807, 2.05) is 6.08 Å². The first kappa shape index (κ1) is 91.2. The van der Waals surface area contributed by atoms with E-state index >= 15 is 0 Å². The van der Waals surface area contributed by atoms with Gasteiger partial charge in [-0.05, 0) is 44.9 Å². The van der Waals surface area contributed by atoms with Gasteiger partial charge in [-0.2, -0.15) is 0 Å². The van der Waals surface area contributed by atoms with Crippen molar-refractivity contribution in [1.82, 2.24) is 5.32 Å². The lowest BCUT2D eigenvalue weighted by molar-refractivity contribution is -0.302. The number of amides is 1. The summed E-state index contributed by atoms with van der Waals surface area (Å²) in [5.41, 5.74) is 0. The molecule has 1 aliphatic heterocycles. The smallest absolute Gasteiger partial charge is 0.305 e. The number of carbonyl (C=O) groups is 2. The number of nitrogens with one attached hydrogen (secondary N) is 1. The number of unbranched alkanes of at least 4 members (excludes halogenated alkanes) is 60. The summed E-state index contributed by atoms with van der Waals surface area (Å²) < 4.78 is 16.8. The predicted octanol–water partition coefficient (Wildman–Crippen LogP) is 23.1. The van der Waals surface area contributed by atoms with E-state index in [9.17, 15) is 35.1 Å². The minimum atomic E-state index is -1.57. The molecular weight excluding hydrogens is 1180 g/mol. The van der Waals surface area contributed by atoms with Crippen LogP contribution >= 0.6 is 0 Å². The Kier molecular flexibility index (Phi) is 70.4. The van der Waals surface area contributed by atoms with Crippen LogP contribution in [0.5, 0.6) is 0 Å². The summed E-state index contributed by atoms with van der Waals surface area (Å²) in [7, 11) is 0. The maximum absolute atomic E-state index is 13.0. The Hall–Kier alpha value is -1.86. The number of carbonyl (C=O) groups excluding carboxylic acids is 2. The second-order valence-electron chi connectivity index (χ2n) is 29.5. The lowest BCUT2D eigenvalue weighted by Crippen LogP contribution is -2.60. The van der Waals surface area contributed by atoms with E-state index in [0.717, 1.165) is 51.4 Å². The molecule has 0 aromatic heterocycles. The van der Waals surface area contributed by atoms with Crippen molar-refractivity contribution >= 4 is 11.9 Å². The van der Waals surface area contributed by atoms with E-state index in [-0.39, 0.29) is 18.5 Å². The van der Waals surface area contributed by atoms with Crippen LogP contribution < -0.4 is 5.32 Å².